The van der Waals surface area contributed by atoms with Crippen molar-refractivity contribution < 1.29 is 18.4 Å². The predicted molar refractivity (Wildman–Crippen MR) is 103 cm³/mol. The predicted octanol–water partition coefficient (Wildman–Crippen LogP) is 4.63. The van der Waals surface area contributed by atoms with E-state index >= 15 is 0 Å². The third-order valence-corrected chi connectivity index (χ3v) is 3.99. The minimum atomic E-state index is -0.717. The van der Waals surface area contributed by atoms with E-state index in [1.807, 2.05) is 0 Å². The highest BCUT2D eigenvalue weighted by Crippen LogP contribution is 2.21. The molecule has 0 aliphatic carbocycles. The maximum atomic E-state index is 13.6. The highest BCUT2D eigenvalue weighted by atomic mass is 19.1. The van der Waals surface area contributed by atoms with Gasteiger partial charge in [-0.05, 0) is 36.4 Å². The normalized spacial score (nSPS) is 10.4. The lowest BCUT2D eigenvalue weighted by Gasteiger charge is -2.08. The SMILES string of the molecule is CCC(=O)Nc1ccc(-c2ccc(C(=O)Nc3cc(F)ccc3F)cc2)nc1. The van der Waals surface area contributed by atoms with Gasteiger partial charge < -0.3 is 10.6 Å². The number of amides is 2. The number of nitrogens with zero attached hydrogens (tertiary/aromatic N) is 1. The van der Waals surface area contributed by atoms with Gasteiger partial charge in [0.1, 0.15) is 11.6 Å². The number of benzene rings is 2. The van der Waals surface area contributed by atoms with Gasteiger partial charge in [-0.2, -0.15) is 0 Å². The Kier molecular flexibility index (Phi) is 5.74. The molecule has 28 heavy (non-hydrogen) atoms. The van der Waals surface area contributed by atoms with Gasteiger partial charge in [0.2, 0.25) is 5.91 Å². The molecule has 0 fully saturated rings. The van der Waals surface area contributed by atoms with Crippen LogP contribution in [-0.4, -0.2) is 16.8 Å². The second-order valence-corrected chi connectivity index (χ2v) is 5.99. The monoisotopic (exact) mass is 381 g/mol. The molecule has 0 spiro atoms. The molecule has 3 aromatic rings. The zero-order valence-electron chi connectivity index (χ0n) is 15.0. The van der Waals surface area contributed by atoms with Crippen LogP contribution in [0.1, 0.15) is 23.7 Å². The molecule has 0 bridgehead atoms. The lowest BCUT2D eigenvalue weighted by Crippen LogP contribution is -2.13. The number of pyridine rings is 1. The molecule has 7 heteroatoms. The molecular formula is C21H17F2N3O2. The van der Waals surface area contributed by atoms with Crippen molar-refractivity contribution in [2.24, 2.45) is 0 Å². The molecule has 2 N–H and O–H groups in total. The van der Waals surface area contributed by atoms with Crippen LogP contribution < -0.4 is 10.6 Å². The molecule has 1 aromatic heterocycles. The first-order valence-corrected chi connectivity index (χ1v) is 8.59. The van der Waals surface area contributed by atoms with E-state index in [-0.39, 0.29) is 11.6 Å². The molecule has 3 rings (SSSR count). The Morgan fingerprint density at radius 3 is 2.36 bits per heavy atom. The summed E-state index contributed by atoms with van der Waals surface area (Å²) in [7, 11) is 0. The maximum absolute atomic E-state index is 13.6. The second kappa shape index (κ2) is 8.39. The van der Waals surface area contributed by atoms with Crippen molar-refractivity contribution in [2.45, 2.75) is 13.3 Å². The summed E-state index contributed by atoms with van der Waals surface area (Å²) in [5.74, 6) is -2.01. The van der Waals surface area contributed by atoms with Gasteiger partial charge in [-0.15, -0.1) is 0 Å². The average molecular weight is 381 g/mol. The molecule has 0 saturated carbocycles. The lowest BCUT2D eigenvalue weighted by molar-refractivity contribution is -0.115. The summed E-state index contributed by atoms with van der Waals surface area (Å²) in [6.45, 7) is 1.76. The van der Waals surface area contributed by atoms with Crippen LogP contribution in [0.25, 0.3) is 11.3 Å². The van der Waals surface area contributed by atoms with Crippen LogP contribution in [0.2, 0.25) is 0 Å². The van der Waals surface area contributed by atoms with Crippen LogP contribution in [0, 0.1) is 11.6 Å². The van der Waals surface area contributed by atoms with Crippen LogP contribution >= 0.6 is 0 Å². The summed E-state index contributed by atoms with van der Waals surface area (Å²) >= 11 is 0. The quantitative estimate of drug-likeness (QED) is 0.677. The van der Waals surface area contributed by atoms with Gasteiger partial charge in [-0.3, -0.25) is 14.6 Å². The van der Waals surface area contributed by atoms with Crippen LogP contribution in [0.5, 0.6) is 0 Å². The molecule has 2 amide bonds. The summed E-state index contributed by atoms with van der Waals surface area (Å²) in [6.07, 6.45) is 1.93. The summed E-state index contributed by atoms with van der Waals surface area (Å²) in [6, 6.07) is 12.9. The van der Waals surface area contributed by atoms with Crippen molar-refractivity contribution in [3.8, 4) is 11.3 Å². The van der Waals surface area contributed by atoms with Gasteiger partial charge in [0.15, 0.2) is 0 Å². The molecule has 1 heterocycles. The fraction of sp³-hybridized carbons (Fsp3) is 0.0952. The van der Waals surface area contributed by atoms with E-state index in [0.717, 1.165) is 23.8 Å². The van der Waals surface area contributed by atoms with Gasteiger partial charge in [0.05, 0.1) is 23.3 Å². The Balaban J connectivity index is 1.71. The Morgan fingerprint density at radius 1 is 0.964 bits per heavy atom. The first-order valence-electron chi connectivity index (χ1n) is 8.59. The molecule has 5 nitrogen and oxygen atoms in total. The zero-order valence-corrected chi connectivity index (χ0v) is 15.0. The number of carbonyl (C=O) groups excluding carboxylic acids is 2. The molecular weight excluding hydrogens is 364 g/mol. The Labute approximate surface area is 160 Å². The maximum Gasteiger partial charge on any atom is 0.255 e. The zero-order chi connectivity index (χ0) is 20.1. The van der Waals surface area contributed by atoms with Gasteiger partial charge >= 0.3 is 0 Å². The number of aromatic nitrogens is 1. The molecule has 2 aromatic carbocycles. The van der Waals surface area contributed by atoms with Gasteiger partial charge in [-0.25, -0.2) is 8.78 Å². The standard InChI is InChI=1S/C21H17F2N3O2/c1-2-20(27)25-16-8-10-18(24-12-16)13-3-5-14(6-4-13)21(28)26-19-11-15(22)7-9-17(19)23/h3-12H,2H2,1H3,(H,25,27)(H,26,28). The third-order valence-electron chi connectivity index (χ3n) is 3.99. The van der Waals surface area contributed by atoms with E-state index in [4.69, 9.17) is 0 Å². The largest absolute Gasteiger partial charge is 0.325 e. The average Bonchev–Trinajstić information content (AvgIpc) is 2.71. The number of anilines is 2. The topological polar surface area (TPSA) is 71.1 Å². The highest BCUT2D eigenvalue weighted by molar-refractivity contribution is 6.04. The van der Waals surface area contributed by atoms with Crippen molar-refractivity contribution in [3.05, 3.63) is 78.0 Å². The summed E-state index contributed by atoms with van der Waals surface area (Å²) < 4.78 is 26.9. The van der Waals surface area contributed by atoms with Crippen molar-refractivity contribution in [2.75, 3.05) is 10.6 Å². The molecule has 0 unspecified atom stereocenters. The minimum Gasteiger partial charge on any atom is -0.325 e. The second-order valence-electron chi connectivity index (χ2n) is 5.99. The molecule has 0 aliphatic heterocycles. The Hall–Kier alpha value is -3.61. The van der Waals surface area contributed by atoms with Crippen LogP contribution in [0.3, 0.4) is 0 Å². The number of hydrogen-bond donors (Lipinski definition) is 2. The highest BCUT2D eigenvalue weighted by Gasteiger charge is 2.11. The summed E-state index contributed by atoms with van der Waals surface area (Å²) in [4.78, 5) is 27.9. The first kappa shape index (κ1) is 19.2. The van der Waals surface area contributed by atoms with E-state index in [2.05, 4.69) is 15.6 Å². The number of hydrogen-bond acceptors (Lipinski definition) is 3. The van der Waals surface area contributed by atoms with E-state index < -0.39 is 17.5 Å². The van der Waals surface area contributed by atoms with Crippen molar-refractivity contribution >= 4 is 23.2 Å². The lowest BCUT2D eigenvalue weighted by atomic mass is 10.1. The van der Waals surface area contributed by atoms with E-state index in [1.165, 1.54) is 0 Å². The molecule has 0 saturated heterocycles. The van der Waals surface area contributed by atoms with E-state index in [0.29, 0.717) is 23.4 Å². The summed E-state index contributed by atoms with van der Waals surface area (Å²) in [5.41, 5.74) is 2.10. The Morgan fingerprint density at radius 2 is 1.71 bits per heavy atom. The smallest absolute Gasteiger partial charge is 0.255 e. The molecule has 142 valence electrons. The number of rotatable bonds is 5. The number of halogens is 2. The van der Waals surface area contributed by atoms with Crippen molar-refractivity contribution in [3.63, 3.8) is 0 Å². The van der Waals surface area contributed by atoms with Gasteiger partial charge in [-0.1, -0.05) is 19.1 Å². The summed E-state index contributed by atoms with van der Waals surface area (Å²) in [5, 5.41) is 5.06. The van der Waals surface area contributed by atoms with E-state index in [1.54, 1.807) is 49.5 Å². The fourth-order valence-electron chi connectivity index (χ4n) is 2.47. The molecule has 0 atom stereocenters. The number of carbonyl (C=O) groups is 2. The minimum absolute atomic E-state index is 0.0975. The molecule has 0 radical (unpaired) electrons. The van der Waals surface area contributed by atoms with E-state index in [9.17, 15) is 18.4 Å². The fourth-order valence-corrected chi connectivity index (χ4v) is 2.47. The number of nitrogens with one attached hydrogen (secondary N) is 2. The van der Waals surface area contributed by atoms with Crippen molar-refractivity contribution in [1.29, 1.82) is 0 Å². The van der Waals surface area contributed by atoms with Crippen molar-refractivity contribution in [1.82, 2.24) is 4.98 Å². The van der Waals surface area contributed by atoms with Crippen LogP contribution in [0.15, 0.2) is 60.8 Å². The third kappa shape index (κ3) is 4.56. The Bertz CT molecular complexity index is 1000. The molecule has 0 aliphatic rings. The van der Waals surface area contributed by atoms with Crippen LogP contribution in [-0.2, 0) is 4.79 Å². The first-order chi connectivity index (χ1) is 13.5. The van der Waals surface area contributed by atoms with Gasteiger partial charge in [0, 0.05) is 23.6 Å². The van der Waals surface area contributed by atoms with Crippen LogP contribution in [0.4, 0.5) is 20.2 Å². The van der Waals surface area contributed by atoms with Gasteiger partial charge in [0.25, 0.3) is 5.91 Å².